The van der Waals surface area contributed by atoms with Crippen LogP contribution in [0.25, 0.3) is 11.0 Å². The van der Waals surface area contributed by atoms with E-state index in [2.05, 4.69) is 15.2 Å². The first kappa shape index (κ1) is 6.30. The summed E-state index contributed by atoms with van der Waals surface area (Å²) in [5.41, 5.74) is 8.12. The Hall–Kier alpha value is -1.42. The van der Waals surface area contributed by atoms with Crippen LogP contribution in [0.5, 0.6) is 0 Å². The molecule has 0 aromatic carbocycles. The molecule has 0 radical (unpaired) electrons. The van der Waals surface area contributed by atoms with Crippen LogP contribution in [-0.2, 0) is 6.54 Å². The van der Waals surface area contributed by atoms with Crippen LogP contribution >= 0.6 is 0 Å². The van der Waals surface area contributed by atoms with E-state index in [4.69, 9.17) is 5.73 Å². The van der Waals surface area contributed by atoms with Gasteiger partial charge in [-0.3, -0.25) is 5.10 Å². The number of nitrogens with two attached hydrogens (primary N) is 1. The highest BCUT2D eigenvalue weighted by Gasteiger charge is 1.96. The number of nitrogens with zero attached hydrogens (tertiary/aromatic N) is 2. The molecule has 0 amide bonds. The third-order valence-electron chi connectivity index (χ3n) is 1.56. The normalized spacial score (nSPS) is 10.6. The molecule has 0 aliphatic heterocycles. The summed E-state index contributed by atoms with van der Waals surface area (Å²) in [4.78, 5) is 4.23. The highest BCUT2D eigenvalue weighted by Crippen LogP contribution is 2.07. The van der Waals surface area contributed by atoms with Crippen LogP contribution < -0.4 is 5.73 Å². The number of aromatic amines is 1. The molecular weight excluding hydrogens is 140 g/mol. The molecule has 2 aromatic heterocycles. The minimum absolute atomic E-state index is 0.473. The number of aromatic nitrogens is 3. The molecule has 0 unspecified atom stereocenters. The summed E-state index contributed by atoms with van der Waals surface area (Å²) in [5.74, 6) is 0. The molecule has 2 rings (SSSR count). The molecule has 11 heavy (non-hydrogen) atoms. The first-order chi connectivity index (χ1) is 5.40. The van der Waals surface area contributed by atoms with Crippen molar-refractivity contribution in [3.05, 3.63) is 24.0 Å². The van der Waals surface area contributed by atoms with Crippen molar-refractivity contribution in [1.29, 1.82) is 0 Å². The second-order valence-corrected chi connectivity index (χ2v) is 2.31. The maximum Gasteiger partial charge on any atom is 0.108 e. The van der Waals surface area contributed by atoms with Crippen molar-refractivity contribution in [1.82, 2.24) is 15.2 Å². The summed E-state index contributed by atoms with van der Waals surface area (Å²) in [6, 6.07) is 3.82. The molecule has 0 saturated heterocycles. The fourth-order valence-corrected chi connectivity index (χ4v) is 0.987. The van der Waals surface area contributed by atoms with E-state index in [9.17, 15) is 0 Å². The Labute approximate surface area is 63.4 Å². The van der Waals surface area contributed by atoms with Gasteiger partial charge in [-0.15, -0.1) is 0 Å². The van der Waals surface area contributed by atoms with Crippen molar-refractivity contribution >= 4 is 11.0 Å². The van der Waals surface area contributed by atoms with Crippen molar-refractivity contribution in [2.45, 2.75) is 6.54 Å². The minimum Gasteiger partial charge on any atom is -0.325 e. The molecule has 56 valence electrons. The zero-order valence-electron chi connectivity index (χ0n) is 5.91. The highest BCUT2D eigenvalue weighted by molar-refractivity contribution is 5.72. The molecule has 0 bridgehead atoms. The van der Waals surface area contributed by atoms with E-state index in [1.807, 2.05) is 12.1 Å². The number of rotatable bonds is 1. The molecular formula is C7H8N4. The zero-order valence-corrected chi connectivity index (χ0v) is 5.91. The molecule has 3 N–H and O–H groups in total. The van der Waals surface area contributed by atoms with Crippen LogP contribution in [0.15, 0.2) is 18.3 Å². The SMILES string of the molecule is NCc1ccc2[nH]ncc2n1. The maximum atomic E-state index is 5.42. The molecule has 0 spiro atoms. The summed E-state index contributed by atoms with van der Waals surface area (Å²) >= 11 is 0. The van der Waals surface area contributed by atoms with Gasteiger partial charge in [0, 0.05) is 6.54 Å². The monoisotopic (exact) mass is 148 g/mol. The Morgan fingerprint density at radius 2 is 2.36 bits per heavy atom. The molecule has 0 saturated carbocycles. The number of hydrogen-bond acceptors (Lipinski definition) is 3. The van der Waals surface area contributed by atoms with Crippen LogP contribution in [0.4, 0.5) is 0 Å². The number of hydrogen-bond donors (Lipinski definition) is 2. The Morgan fingerprint density at radius 3 is 3.18 bits per heavy atom. The zero-order chi connectivity index (χ0) is 7.68. The summed E-state index contributed by atoms with van der Waals surface area (Å²) in [6.45, 7) is 0.473. The van der Waals surface area contributed by atoms with Crippen LogP contribution in [0.1, 0.15) is 5.69 Å². The summed E-state index contributed by atoms with van der Waals surface area (Å²) in [7, 11) is 0. The predicted octanol–water partition coefficient (Wildman–Crippen LogP) is 0.417. The predicted molar refractivity (Wildman–Crippen MR) is 41.8 cm³/mol. The molecule has 2 heterocycles. The number of H-pyrrole nitrogens is 1. The van der Waals surface area contributed by atoms with Gasteiger partial charge in [0.1, 0.15) is 5.52 Å². The number of pyridine rings is 1. The number of nitrogens with one attached hydrogen (secondary N) is 1. The first-order valence-electron chi connectivity index (χ1n) is 3.39. The van der Waals surface area contributed by atoms with Gasteiger partial charge in [-0.1, -0.05) is 0 Å². The molecule has 4 nitrogen and oxygen atoms in total. The van der Waals surface area contributed by atoms with E-state index in [-0.39, 0.29) is 0 Å². The quantitative estimate of drug-likeness (QED) is 0.615. The second-order valence-electron chi connectivity index (χ2n) is 2.31. The van der Waals surface area contributed by atoms with Crippen LogP contribution in [0.2, 0.25) is 0 Å². The van der Waals surface area contributed by atoms with E-state index in [0.29, 0.717) is 6.54 Å². The van der Waals surface area contributed by atoms with E-state index >= 15 is 0 Å². The van der Waals surface area contributed by atoms with Gasteiger partial charge in [-0.05, 0) is 12.1 Å². The Morgan fingerprint density at radius 1 is 1.45 bits per heavy atom. The van der Waals surface area contributed by atoms with E-state index in [0.717, 1.165) is 16.7 Å². The Kier molecular flexibility index (Phi) is 1.33. The fraction of sp³-hybridized carbons (Fsp3) is 0.143. The lowest BCUT2D eigenvalue weighted by molar-refractivity contribution is 1.01. The van der Waals surface area contributed by atoms with Gasteiger partial charge in [0.05, 0.1) is 17.4 Å². The summed E-state index contributed by atoms with van der Waals surface area (Å²) in [6.07, 6.45) is 1.69. The standard InChI is InChI=1S/C7H8N4/c8-3-5-1-2-6-7(10-5)4-9-11-6/h1-2,4H,3,8H2,(H,9,11). The van der Waals surface area contributed by atoms with Gasteiger partial charge in [-0.2, -0.15) is 5.10 Å². The van der Waals surface area contributed by atoms with Crippen LogP contribution in [0, 0.1) is 0 Å². The first-order valence-corrected chi connectivity index (χ1v) is 3.39. The molecule has 0 aliphatic rings. The van der Waals surface area contributed by atoms with Gasteiger partial charge < -0.3 is 5.73 Å². The van der Waals surface area contributed by atoms with Crippen LogP contribution in [-0.4, -0.2) is 15.2 Å². The lowest BCUT2D eigenvalue weighted by atomic mass is 10.3. The number of fused-ring (bicyclic) bond motifs is 1. The largest absolute Gasteiger partial charge is 0.325 e. The average Bonchev–Trinajstić information content (AvgIpc) is 2.50. The molecule has 2 aromatic rings. The average molecular weight is 148 g/mol. The van der Waals surface area contributed by atoms with Gasteiger partial charge >= 0.3 is 0 Å². The highest BCUT2D eigenvalue weighted by atomic mass is 15.1. The maximum absolute atomic E-state index is 5.42. The smallest absolute Gasteiger partial charge is 0.108 e. The Balaban J connectivity index is 2.67. The van der Waals surface area contributed by atoms with Gasteiger partial charge in [0.15, 0.2) is 0 Å². The van der Waals surface area contributed by atoms with Crippen molar-refractivity contribution < 1.29 is 0 Å². The van der Waals surface area contributed by atoms with Gasteiger partial charge in [0.2, 0.25) is 0 Å². The van der Waals surface area contributed by atoms with E-state index < -0.39 is 0 Å². The summed E-state index contributed by atoms with van der Waals surface area (Å²) < 4.78 is 0. The molecule has 0 aliphatic carbocycles. The molecule has 4 heteroatoms. The van der Waals surface area contributed by atoms with E-state index in [1.165, 1.54) is 0 Å². The topological polar surface area (TPSA) is 67.6 Å². The van der Waals surface area contributed by atoms with Crippen molar-refractivity contribution in [2.75, 3.05) is 0 Å². The van der Waals surface area contributed by atoms with Gasteiger partial charge in [-0.25, -0.2) is 4.98 Å². The van der Waals surface area contributed by atoms with Crippen molar-refractivity contribution in [3.8, 4) is 0 Å². The second kappa shape index (κ2) is 2.32. The van der Waals surface area contributed by atoms with Gasteiger partial charge in [0.25, 0.3) is 0 Å². The van der Waals surface area contributed by atoms with E-state index in [1.54, 1.807) is 6.20 Å². The molecule has 0 atom stereocenters. The fourth-order valence-electron chi connectivity index (χ4n) is 0.987. The minimum atomic E-state index is 0.473. The van der Waals surface area contributed by atoms with Crippen molar-refractivity contribution in [2.24, 2.45) is 5.73 Å². The third-order valence-corrected chi connectivity index (χ3v) is 1.56. The third kappa shape index (κ3) is 0.969. The summed E-state index contributed by atoms with van der Waals surface area (Å²) in [5, 5.41) is 6.67. The lowest BCUT2D eigenvalue weighted by Gasteiger charge is -1.93. The van der Waals surface area contributed by atoms with Crippen molar-refractivity contribution in [3.63, 3.8) is 0 Å². The molecule has 0 fully saturated rings. The lowest BCUT2D eigenvalue weighted by Crippen LogP contribution is -1.98. The van der Waals surface area contributed by atoms with Crippen LogP contribution in [0.3, 0.4) is 0 Å². The Bertz CT molecular complexity index is 365.